The summed E-state index contributed by atoms with van der Waals surface area (Å²) in [5.41, 5.74) is -0.0651. The molecular formula is C8H14N2O2S2. The van der Waals surface area contributed by atoms with Crippen LogP contribution in [-0.2, 0) is 10.0 Å². The van der Waals surface area contributed by atoms with Crippen molar-refractivity contribution in [3.8, 4) is 0 Å². The van der Waals surface area contributed by atoms with Gasteiger partial charge in [-0.2, -0.15) is 0 Å². The highest BCUT2D eigenvalue weighted by Gasteiger charge is 2.20. The molecule has 0 aromatic carbocycles. The van der Waals surface area contributed by atoms with Crippen LogP contribution in [0.4, 0.5) is 0 Å². The topological polar surface area (TPSA) is 59.1 Å². The Morgan fingerprint density at radius 2 is 2.14 bits per heavy atom. The van der Waals surface area contributed by atoms with E-state index in [4.69, 9.17) is 0 Å². The van der Waals surface area contributed by atoms with Gasteiger partial charge in [-0.05, 0) is 5.41 Å². The monoisotopic (exact) mass is 234 g/mol. The minimum absolute atomic E-state index is 0.0651. The van der Waals surface area contributed by atoms with E-state index in [-0.39, 0.29) is 9.75 Å². The zero-order chi connectivity index (χ0) is 10.8. The predicted octanol–water partition coefficient (Wildman–Crippen LogP) is 1.47. The van der Waals surface area contributed by atoms with Crippen LogP contribution in [0.25, 0.3) is 0 Å². The smallest absolute Gasteiger partial charge is 0.233 e. The van der Waals surface area contributed by atoms with Crippen LogP contribution in [0.2, 0.25) is 0 Å². The van der Waals surface area contributed by atoms with E-state index in [0.29, 0.717) is 6.54 Å². The second-order valence-electron chi connectivity index (χ2n) is 4.18. The van der Waals surface area contributed by atoms with Crippen LogP contribution in [0.15, 0.2) is 15.9 Å². The molecule has 6 heteroatoms. The maximum absolute atomic E-state index is 11.6. The van der Waals surface area contributed by atoms with Crippen molar-refractivity contribution in [3.63, 3.8) is 0 Å². The fourth-order valence-corrected chi connectivity index (χ4v) is 2.87. The number of nitrogens with one attached hydrogen (secondary N) is 1. The summed E-state index contributed by atoms with van der Waals surface area (Å²) >= 11 is 1.12. The number of thiazole rings is 1. The second-order valence-corrected chi connectivity index (χ2v) is 7.02. The average molecular weight is 234 g/mol. The molecule has 0 aliphatic rings. The molecule has 0 bridgehead atoms. The van der Waals surface area contributed by atoms with Gasteiger partial charge in [0.2, 0.25) is 4.34 Å². The lowest BCUT2D eigenvalue weighted by Gasteiger charge is -2.17. The van der Waals surface area contributed by atoms with Crippen LogP contribution < -0.4 is 4.72 Å². The number of aromatic nitrogens is 1. The van der Waals surface area contributed by atoms with E-state index in [0.717, 1.165) is 11.3 Å². The Kier molecular flexibility index (Phi) is 3.28. The maximum atomic E-state index is 11.6. The first-order chi connectivity index (χ1) is 6.31. The number of rotatable bonds is 3. The lowest BCUT2D eigenvalue weighted by Crippen LogP contribution is -2.32. The van der Waals surface area contributed by atoms with Crippen molar-refractivity contribution < 1.29 is 8.42 Å². The van der Waals surface area contributed by atoms with E-state index < -0.39 is 10.0 Å². The third kappa shape index (κ3) is 3.36. The number of nitrogens with zero attached hydrogens (tertiary/aromatic N) is 1. The van der Waals surface area contributed by atoms with E-state index in [1.54, 1.807) is 5.38 Å². The molecule has 0 atom stereocenters. The fourth-order valence-electron chi connectivity index (χ4n) is 0.716. The Morgan fingerprint density at radius 3 is 2.57 bits per heavy atom. The van der Waals surface area contributed by atoms with Crippen molar-refractivity contribution in [2.24, 2.45) is 5.41 Å². The van der Waals surface area contributed by atoms with Crippen molar-refractivity contribution >= 4 is 21.4 Å². The largest absolute Gasteiger partial charge is 0.267 e. The van der Waals surface area contributed by atoms with Crippen LogP contribution in [-0.4, -0.2) is 19.9 Å². The minimum atomic E-state index is -3.39. The van der Waals surface area contributed by atoms with E-state index in [2.05, 4.69) is 9.71 Å². The number of hydrogen-bond donors (Lipinski definition) is 1. The van der Waals surface area contributed by atoms with Crippen molar-refractivity contribution in [2.45, 2.75) is 25.1 Å². The molecular weight excluding hydrogens is 220 g/mol. The van der Waals surface area contributed by atoms with Crippen LogP contribution in [0.3, 0.4) is 0 Å². The molecule has 0 spiro atoms. The molecule has 14 heavy (non-hydrogen) atoms. The third-order valence-corrected chi connectivity index (χ3v) is 4.03. The van der Waals surface area contributed by atoms with E-state index in [9.17, 15) is 8.42 Å². The second kappa shape index (κ2) is 3.96. The summed E-state index contributed by atoms with van der Waals surface area (Å²) in [5.74, 6) is 0. The van der Waals surface area contributed by atoms with Crippen molar-refractivity contribution in [2.75, 3.05) is 6.54 Å². The van der Waals surface area contributed by atoms with Gasteiger partial charge in [0.15, 0.2) is 0 Å². The SMILES string of the molecule is CC(C)(C)CNS(=O)(=O)c1nccs1. The maximum Gasteiger partial charge on any atom is 0.267 e. The van der Waals surface area contributed by atoms with E-state index in [1.807, 2.05) is 20.8 Å². The summed E-state index contributed by atoms with van der Waals surface area (Å²) in [4.78, 5) is 3.76. The summed E-state index contributed by atoms with van der Waals surface area (Å²) in [6.45, 7) is 6.32. The molecule has 1 heterocycles. The number of hydrogen-bond acceptors (Lipinski definition) is 4. The molecule has 1 aromatic rings. The van der Waals surface area contributed by atoms with E-state index in [1.165, 1.54) is 6.20 Å². The molecule has 80 valence electrons. The highest BCUT2D eigenvalue weighted by atomic mass is 32.2. The molecule has 1 rings (SSSR count). The summed E-state index contributed by atoms with van der Waals surface area (Å²) in [5, 5.41) is 1.64. The summed E-state index contributed by atoms with van der Waals surface area (Å²) in [6, 6.07) is 0. The molecule has 0 aliphatic heterocycles. The fraction of sp³-hybridized carbons (Fsp3) is 0.625. The Labute approximate surface area is 88.4 Å². The van der Waals surface area contributed by atoms with Crippen molar-refractivity contribution in [3.05, 3.63) is 11.6 Å². The molecule has 0 radical (unpaired) electrons. The van der Waals surface area contributed by atoms with Crippen LogP contribution >= 0.6 is 11.3 Å². The first kappa shape index (κ1) is 11.6. The summed E-state index contributed by atoms with van der Waals surface area (Å²) < 4.78 is 25.8. The Balaban J connectivity index is 2.70. The zero-order valence-electron chi connectivity index (χ0n) is 8.44. The van der Waals surface area contributed by atoms with Gasteiger partial charge in [-0.1, -0.05) is 20.8 Å². The Hall–Kier alpha value is -0.460. The van der Waals surface area contributed by atoms with Gasteiger partial charge < -0.3 is 0 Å². The lowest BCUT2D eigenvalue weighted by atomic mass is 9.98. The lowest BCUT2D eigenvalue weighted by molar-refractivity contribution is 0.407. The average Bonchev–Trinajstić information content (AvgIpc) is 2.52. The van der Waals surface area contributed by atoms with Crippen molar-refractivity contribution in [1.29, 1.82) is 0 Å². The minimum Gasteiger partial charge on any atom is -0.233 e. The molecule has 0 saturated carbocycles. The molecule has 0 saturated heterocycles. The van der Waals surface area contributed by atoms with E-state index >= 15 is 0 Å². The molecule has 0 fully saturated rings. The van der Waals surface area contributed by atoms with Gasteiger partial charge in [-0.15, -0.1) is 11.3 Å². The highest BCUT2D eigenvalue weighted by molar-refractivity contribution is 7.91. The molecule has 0 unspecified atom stereocenters. The van der Waals surface area contributed by atoms with Gasteiger partial charge in [0.1, 0.15) is 0 Å². The molecule has 1 N–H and O–H groups in total. The van der Waals surface area contributed by atoms with Crippen LogP contribution in [0, 0.1) is 5.41 Å². The van der Waals surface area contributed by atoms with Crippen LogP contribution in [0.1, 0.15) is 20.8 Å². The predicted molar refractivity (Wildman–Crippen MR) is 56.8 cm³/mol. The van der Waals surface area contributed by atoms with Gasteiger partial charge in [0.05, 0.1) is 0 Å². The summed E-state index contributed by atoms with van der Waals surface area (Å²) in [7, 11) is -3.39. The van der Waals surface area contributed by atoms with Gasteiger partial charge in [0.25, 0.3) is 10.0 Å². The molecule has 4 nitrogen and oxygen atoms in total. The standard InChI is InChI=1S/C8H14N2O2S2/c1-8(2,3)6-10-14(11,12)7-9-4-5-13-7/h4-5,10H,6H2,1-3H3. The van der Waals surface area contributed by atoms with Gasteiger partial charge >= 0.3 is 0 Å². The molecule has 0 aliphatic carbocycles. The van der Waals surface area contributed by atoms with Gasteiger partial charge in [-0.3, -0.25) is 0 Å². The first-order valence-electron chi connectivity index (χ1n) is 4.20. The zero-order valence-corrected chi connectivity index (χ0v) is 10.1. The normalized spacial score (nSPS) is 13.1. The third-order valence-electron chi connectivity index (χ3n) is 1.43. The van der Waals surface area contributed by atoms with Crippen LogP contribution in [0.5, 0.6) is 0 Å². The van der Waals surface area contributed by atoms with Gasteiger partial charge in [0, 0.05) is 18.1 Å². The first-order valence-corrected chi connectivity index (χ1v) is 6.57. The Bertz CT molecular complexity index is 376. The van der Waals surface area contributed by atoms with Crippen molar-refractivity contribution in [1.82, 2.24) is 9.71 Å². The van der Waals surface area contributed by atoms with Gasteiger partial charge in [-0.25, -0.2) is 18.1 Å². The quantitative estimate of drug-likeness (QED) is 0.861. The number of sulfonamides is 1. The molecule has 0 amide bonds. The highest BCUT2D eigenvalue weighted by Crippen LogP contribution is 2.15. The summed E-state index contributed by atoms with van der Waals surface area (Å²) in [6.07, 6.45) is 1.48. The Morgan fingerprint density at radius 1 is 1.50 bits per heavy atom. The molecule has 1 aromatic heterocycles.